The number of nitro benzene ring substituents is 1. The van der Waals surface area contributed by atoms with Crippen LogP contribution in [0.5, 0.6) is 5.75 Å². The molecule has 0 heterocycles. The lowest BCUT2D eigenvalue weighted by atomic mass is 10.0. The van der Waals surface area contributed by atoms with Crippen molar-refractivity contribution in [3.05, 3.63) is 82.9 Å². The van der Waals surface area contributed by atoms with Gasteiger partial charge in [0.25, 0.3) is 5.69 Å². The molecule has 142 valence electrons. The highest BCUT2D eigenvalue weighted by atomic mass is 32.1. The van der Waals surface area contributed by atoms with Gasteiger partial charge in [-0.15, -0.1) is 0 Å². The Balaban J connectivity index is 1.66. The summed E-state index contributed by atoms with van der Waals surface area (Å²) < 4.78 is 5.41. The van der Waals surface area contributed by atoms with Gasteiger partial charge in [0.1, 0.15) is 5.75 Å². The standard InChI is InChI=1S/C21H19N3O3S/c1-2-27-18-13-11-17(12-14-18)23-21(28)22-16-9-7-15(8-10-16)19-5-3-4-6-20(19)24(25)26/h3-14H,2H2,1H3,(H2,22,23,28). The molecule has 0 amide bonds. The van der Waals surface area contributed by atoms with Gasteiger partial charge in [0.05, 0.1) is 17.1 Å². The SMILES string of the molecule is CCOc1ccc(NC(=S)Nc2ccc(-c3ccccc3[N+](=O)[O-])cc2)cc1. The molecule has 3 aromatic rings. The van der Waals surface area contributed by atoms with E-state index < -0.39 is 0 Å². The van der Waals surface area contributed by atoms with Crippen LogP contribution < -0.4 is 15.4 Å². The Morgan fingerprint density at radius 3 is 2.11 bits per heavy atom. The summed E-state index contributed by atoms with van der Waals surface area (Å²) >= 11 is 5.34. The Labute approximate surface area is 168 Å². The van der Waals surface area contributed by atoms with E-state index in [1.807, 2.05) is 55.5 Å². The van der Waals surface area contributed by atoms with Crippen LogP contribution in [0, 0.1) is 10.1 Å². The number of thiocarbonyl (C=S) groups is 1. The molecule has 0 radical (unpaired) electrons. The fourth-order valence-corrected chi connectivity index (χ4v) is 2.94. The topological polar surface area (TPSA) is 76.4 Å². The summed E-state index contributed by atoms with van der Waals surface area (Å²) in [5.41, 5.74) is 3.05. The van der Waals surface area contributed by atoms with E-state index in [0.29, 0.717) is 17.3 Å². The first-order valence-corrected chi connectivity index (χ1v) is 9.12. The van der Waals surface area contributed by atoms with Crippen LogP contribution in [-0.4, -0.2) is 16.6 Å². The molecule has 0 aromatic heterocycles. The lowest BCUT2D eigenvalue weighted by Crippen LogP contribution is -2.18. The van der Waals surface area contributed by atoms with Crippen molar-refractivity contribution in [1.82, 2.24) is 0 Å². The minimum atomic E-state index is -0.378. The predicted octanol–water partition coefficient (Wildman–Crippen LogP) is 5.47. The van der Waals surface area contributed by atoms with Crippen LogP contribution in [0.15, 0.2) is 72.8 Å². The predicted molar refractivity (Wildman–Crippen MR) is 116 cm³/mol. The van der Waals surface area contributed by atoms with Crippen LogP contribution in [0.4, 0.5) is 17.1 Å². The number of para-hydroxylation sites is 1. The van der Waals surface area contributed by atoms with Crippen molar-refractivity contribution in [3.8, 4) is 16.9 Å². The third-order valence-electron chi connectivity index (χ3n) is 3.98. The van der Waals surface area contributed by atoms with Gasteiger partial charge in [-0.2, -0.15) is 0 Å². The van der Waals surface area contributed by atoms with Crippen LogP contribution in [0.25, 0.3) is 11.1 Å². The highest BCUT2D eigenvalue weighted by Crippen LogP contribution is 2.30. The first-order valence-electron chi connectivity index (χ1n) is 8.71. The number of anilines is 2. The van der Waals surface area contributed by atoms with Gasteiger partial charge in [-0.25, -0.2) is 0 Å². The van der Waals surface area contributed by atoms with Crippen molar-refractivity contribution in [1.29, 1.82) is 0 Å². The lowest BCUT2D eigenvalue weighted by molar-refractivity contribution is -0.384. The third kappa shape index (κ3) is 4.83. The van der Waals surface area contributed by atoms with Gasteiger partial charge in [0.2, 0.25) is 0 Å². The van der Waals surface area contributed by atoms with E-state index >= 15 is 0 Å². The Morgan fingerprint density at radius 1 is 0.964 bits per heavy atom. The van der Waals surface area contributed by atoms with Crippen molar-refractivity contribution in [2.45, 2.75) is 6.92 Å². The summed E-state index contributed by atoms with van der Waals surface area (Å²) in [6.45, 7) is 2.56. The number of nitro groups is 1. The molecule has 0 aliphatic carbocycles. The molecule has 6 nitrogen and oxygen atoms in total. The van der Waals surface area contributed by atoms with Gasteiger partial charge < -0.3 is 15.4 Å². The Bertz CT molecular complexity index is 973. The molecular formula is C21H19N3O3S. The monoisotopic (exact) mass is 393 g/mol. The molecule has 0 saturated carbocycles. The summed E-state index contributed by atoms with van der Waals surface area (Å²) in [5, 5.41) is 17.9. The average Bonchev–Trinajstić information content (AvgIpc) is 2.70. The Hall–Kier alpha value is -3.45. The van der Waals surface area contributed by atoms with Gasteiger partial charge in [0, 0.05) is 17.4 Å². The molecule has 0 aliphatic heterocycles. The van der Waals surface area contributed by atoms with Gasteiger partial charge in [-0.05, 0) is 67.2 Å². The zero-order valence-electron chi connectivity index (χ0n) is 15.2. The normalized spacial score (nSPS) is 10.2. The zero-order chi connectivity index (χ0) is 19.9. The highest BCUT2D eigenvalue weighted by Gasteiger charge is 2.13. The Kier molecular flexibility index (Phi) is 6.18. The van der Waals surface area contributed by atoms with E-state index in [1.165, 1.54) is 6.07 Å². The molecule has 0 atom stereocenters. The van der Waals surface area contributed by atoms with E-state index in [9.17, 15) is 10.1 Å². The largest absolute Gasteiger partial charge is 0.494 e. The van der Waals surface area contributed by atoms with Gasteiger partial charge >= 0.3 is 0 Å². The molecule has 0 bridgehead atoms. The quantitative estimate of drug-likeness (QED) is 0.329. The van der Waals surface area contributed by atoms with E-state index in [-0.39, 0.29) is 10.6 Å². The number of ether oxygens (including phenoxy) is 1. The molecule has 0 aliphatic rings. The number of hydrogen-bond donors (Lipinski definition) is 2. The minimum absolute atomic E-state index is 0.0795. The second-order valence-electron chi connectivity index (χ2n) is 5.89. The maximum atomic E-state index is 11.2. The van der Waals surface area contributed by atoms with E-state index in [1.54, 1.807) is 18.2 Å². The van der Waals surface area contributed by atoms with Crippen LogP contribution in [0.1, 0.15) is 6.92 Å². The maximum Gasteiger partial charge on any atom is 0.277 e. The molecular weight excluding hydrogens is 374 g/mol. The summed E-state index contributed by atoms with van der Waals surface area (Å²) in [6.07, 6.45) is 0. The first kappa shape index (κ1) is 19.3. The smallest absolute Gasteiger partial charge is 0.277 e. The molecule has 28 heavy (non-hydrogen) atoms. The molecule has 3 aromatic carbocycles. The van der Waals surface area contributed by atoms with Crippen LogP contribution in [0.3, 0.4) is 0 Å². The van der Waals surface area contributed by atoms with Crippen LogP contribution in [0.2, 0.25) is 0 Å². The number of nitrogens with one attached hydrogen (secondary N) is 2. The van der Waals surface area contributed by atoms with Crippen LogP contribution in [-0.2, 0) is 0 Å². The molecule has 0 unspecified atom stereocenters. The van der Waals surface area contributed by atoms with E-state index in [0.717, 1.165) is 22.7 Å². The number of nitrogens with zero attached hydrogens (tertiary/aromatic N) is 1. The molecule has 0 spiro atoms. The number of hydrogen-bond acceptors (Lipinski definition) is 4. The third-order valence-corrected chi connectivity index (χ3v) is 4.18. The summed E-state index contributed by atoms with van der Waals surface area (Å²) in [7, 11) is 0. The van der Waals surface area contributed by atoms with Gasteiger partial charge in [-0.3, -0.25) is 10.1 Å². The average molecular weight is 393 g/mol. The maximum absolute atomic E-state index is 11.2. The molecule has 7 heteroatoms. The number of benzene rings is 3. The van der Waals surface area contributed by atoms with Crippen LogP contribution >= 0.6 is 12.2 Å². The molecule has 0 saturated heterocycles. The fourth-order valence-electron chi connectivity index (χ4n) is 2.70. The summed E-state index contributed by atoms with van der Waals surface area (Å²) in [5.74, 6) is 0.803. The van der Waals surface area contributed by atoms with Crippen molar-refractivity contribution >= 4 is 34.4 Å². The van der Waals surface area contributed by atoms with Crippen molar-refractivity contribution in [3.63, 3.8) is 0 Å². The van der Waals surface area contributed by atoms with Crippen molar-refractivity contribution in [2.24, 2.45) is 0 Å². The van der Waals surface area contributed by atoms with E-state index in [2.05, 4.69) is 10.6 Å². The van der Waals surface area contributed by atoms with Gasteiger partial charge in [0.15, 0.2) is 5.11 Å². The zero-order valence-corrected chi connectivity index (χ0v) is 16.0. The van der Waals surface area contributed by atoms with Crippen molar-refractivity contribution in [2.75, 3.05) is 17.2 Å². The minimum Gasteiger partial charge on any atom is -0.494 e. The highest BCUT2D eigenvalue weighted by molar-refractivity contribution is 7.80. The summed E-state index contributed by atoms with van der Waals surface area (Å²) in [6, 6.07) is 21.5. The second-order valence-corrected chi connectivity index (χ2v) is 6.30. The first-order chi connectivity index (χ1) is 13.6. The molecule has 0 fully saturated rings. The molecule has 2 N–H and O–H groups in total. The second kappa shape index (κ2) is 8.96. The summed E-state index contributed by atoms with van der Waals surface area (Å²) in [4.78, 5) is 10.8. The van der Waals surface area contributed by atoms with Crippen molar-refractivity contribution < 1.29 is 9.66 Å². The van der Waals surface area contributed by atoms with Gasteiger partial charge in [-0.1, -0.05) is 24.3 Å². The number of rotatable bonds is 6. The molecule has 3 rings (SSSR count). The lowest BCUT2D eigenvalue weighted by Gasteiger charge is -2.12. The Morgan fingerprint density at radius 2 is 1.54 bits per heavy atom. The fraction of sp³-hybridized carbons (Fsp3) is 0.0952. The van der Waals surface area contributed by atoms with E-state index in [4.69, 9.17) is 17.0 Å².